The monoisotopic (exact) mass is 400 g/mol. The lowest BCUT2D eigenvalue weighted by Gasteiger charge is -2.59. The Kier molecular flexibility index (Phi) is 5.72. The molecule has 0 spiro atoms. The maximum Gasteiger partial charge on any atom is 0.316 e. The number of esters is 1. The van der Waals surface area contributed by atoms with Crippen LogP contribution in [0, 0.1) is 40.4 Å². The van der Waals surface area contributed by atoms with Gasteiger partial charge in [0.1, 0.15) is 11.7 Å². The van der Waals surface area contributed by atoms with Crippen molar-refractivity contribution in [1.82, 2.24) is 0 Å². The van der Waals surface area contributed by atoms with Gasteiger partial charge >= 0.3 is 5.97 Å². The van der Waals surface area contributed by atoms with Gasteiger partial charge in [-0.05, 0) is 106 Å². The molecular formula is C26H40O3. The van der Waals surface area contributed by atoms with Gasteiger partial charge in [-0.3, -0.25) is 9.59 Å². The maximum atomic E-state index is 12.9. The number of ketones is 1. The molecule has 3 heteroatoms. The highest BCUT2D eigenvalue weighted by Gasteiger charge is 2.60. The van der Waals surface area contributed by atoms with Crippen molar-refractivity contribution in [2.75, 3.05) is 6.61 Å². The number of Topliss-reactive ketones (excluding diaryl/α,β-unsaturated/α-hetero) is 1. The molecule has 0 radical (unpaired) electrons. The first kappa shape index (κ1) is 21.1. The molecule has 4 aliphatic carbocycles. The van der Waals surface area contributed by atoms with Crippen molar-refractivity contribution in [2.24, 2.45) is 40.4 Å². The van der Waals surface area contributed by atoms with Gasteiger partial charge in [-0.2, -0.15) is 0 Å². The number of fused-ring (bicyclic) bond motifs is 5. The number of carbonyl (C=O) groups excluding carboxylic acids is 2. The van der Waals surface area contributed by atoms with Gasteiger partial charge in [0.25, 0.3) is 0 Å². The predicted octanol–water partition coefficient (Wildman–Crippen LogP) is 6.11. The Labute approximate surface area is 177 Å². The molecule has 4 saturated carbocycles. The van der Waals surface area contributed by atoms with Crippen molar-refractivity contribution < 1.29 is 14.3 Å². The second-order valence-electron chi connectivity index (χ2n) is 10.6. The van der Waals surface area contributed by atoms with Crippen molar-refractivity contribution in [1.29, 1.82) is 0 Å². The summed E-state index contributed by atoms with van der Waals surface area (Å²) in [5.74, 6) is 2.21. The predicted molar refractivity (Wildman–Crippen MR) is 115 cm³/mol. The van der Waals surface area contributed by atoms with E-state index in [0.717, 1.165) is 37.0 Å². The van der Waals surface area contributed by atoms with Crippen LogP contribution in [-0.2, 0) is 14.3 Å². The van der Waals surface area contributed by atoms with Crippen LogP contribution in [0.25, 0.3) is 0 Å². The van der Waals surface area contributed by atoms with Crippen LogP contribution in [0.15, 0.2) is 11.6 Å². The van der Waals surface area contributed by atoms with Crippen LogP contribution in [-0.4, -0.2) is 18.4 Å². The second kappa shape index (κ2) is 7.85. The summed E-state index contributed by atoms with van der Waals surface area (Å²) in [5.41, 5.74) is 2.36. The zero-order valence-electron chi connectivity index (χ0n) is 19.0. The summed E-state index contributed by atoms with van der Waals surface area (Å²) >= 11 is 0. The molecule has 0 bridgehead atoms. The van der Waals surface area contributed by atoms with Gasteiger partial charge < -0.3 is 4.74 Å². The molecule has 0 amide bonds. The molecule has 0 aliphatic heterocycles. The average molecular weight is 401 g/mol. The number of carbonyl (C=O) groups is 2. The first-order valence-corrected chi connectivity index (χ1v) is 12.3. The fraction of sp³-hybridized carbons (Fsp3) is 0.846. The Hall–Kier alpha value is -1.12. The van der Waals surface area contributed by atoms with Crippen LogP contribution >= 0.6 is 0 Å². The van der Waals surface area contributed by atoms with E-state index in [1.165, 1.54) is 38.5 Å². The van der Waals surface area contributed by atoms with Crippen LogP contribution < -0.4 is 0 Å². The molecule has 4 fully saturated rings. The van der Waals surface area contributed by atoms with Gasteiger partial charge in [-0.25, -0.2) is 0 Å². The van der Waals surface area contributed by atoms with Crippen LogP contribution in [0.3, 0.4) is 0 Å². The van der Waals surface area contributed by atoms with Crippen molar-refractivity contribution in [3.63, 3.8) is 0 Å². The van der Waals surface area contributed by atoms with Crippen LogP contribution in [0.2, 0.25) is 0 Å². The first-order chi connectivity index (χ1) is 13.9. The van der Waals surface area contributed by atoms with E-state index in [4.69, 9.17) is 4.74 Å². The van der Waals surface area contributed by atoms with E-state index in [0.29, 0.717) is 24.4 Å². The van der Waals surface area contributed by atoms with Crippen molar-refractivity contribution in [2.45, 2.75) is 91.9 Å². The smallest absolute Gasteiger partial charge is 0.316 e. The quantitative estimate of drug-likeness (QED) is 0.326. The molecule has 4 aliphatic rings. The molecule has 29 heavy (non-hydrogen) atoms. The molecule has 0 heterocycles. The summed E-state index contributed by atoms with van der Waals surface area (Å²) in [6.07, 6.45) is 13.6. The number of rotatable bonds is 3. The fourth-order valence-corrected chi connectivity index (χ4v) is 8.60. The van der Waals surface area contributed by atoms with E-state index in [1.807, 2.05) is 6.92 Å². The van der Waals surface area contributed by atoms with Gasteiger partial charge in [0.15, 0.2) is 0 Å². The van der Waals surface area contributed by atoms with E-state index in [9.17, 15) is 9.59 Å². The molecule has 7 atom stereocenters. The Morgan fingerprint density at radius 3 is 2.59 bits per heavy atom. The first-order valence-electron chi connectivity index (χ1n) is 12.3. The molecule has 3 nitrogen and oxygen atoms in total. The standard InChI is InChI=1S/C26H40O3/c1-5-17-9-11-21-19-10-8-18-16-20(24(28)29-7-3)23(27)13-15-26(18,6-2)22(19)12-14-25(17,21)4/h5,18-22H,6-16H2,1-4H3/b17-5-. The normalized spacial score (nSPS) is 45.9. The number of allylic oxidation sites excluding steroid dienone is 2. The summed E-state index contributed by atoms with van der Waals surface area (Å²) in [5, 5.41) is 0. The molecule has 0 aromatic carbocycles. The number of hydrogen-bond donors (Lipinski definition) is 0. The Morgan fingerprint density at radius 1 is 1.10 bits per heavy atom. The number of ether oxygens (including phenoxy) is 1. The molecular weight excluding hydrogens is 360 g/mol. The van der Waals surface area contributed by atoms with Crippen molar-refractivity contribution >= 4 is 11.8 Å². The third-order valence-electron chi connectivity index (χ3n) is 10.0. The number of hydrogen-bond acceptors (Lipinski definition) is 3. The van der Waals surface area contributed by atoms with Gasteiger partial charge in [0.2, 0.25) is 0 Å². The maximum absolute atomic E-state index is 12.9. The lowest BCUT2D eigenvalue weighted by atomic mass is 9.45. The molecule has 0 saturated heterocycles. The molecule has 7 unspecified atom stereocenters. The average Bonchev–Trinajstić information content (AvgIpc) is 2.98. The third-order valence-corrected chi connectivity index (χ3v) is 10.0. The Balaban J connectivity index is 1.63. The minimum absolute atomic E-state index is 0.139. The Morgan fingerprint density at radius 2 is 1.90 bits per heavy atom. The van der Waals surface area contributed by atoms with E-state index in [1.54, 1.807) is 5.57 Å². The Bertz CT molecular complexity index is 694. The molecule has 4 rings (SSSR count). The summed E-state index contributed by atoms with van der Waals surface area (Å²) in [6, 6.07) is 0. The van der Waals surface area contributed by atoms with Crippen LogP contribution in [0.1, 0.15) is 91.9 Å². The lowest BCUT2D eigenvalue weighted by molar-refractivity contribution is -0.152. The SMILES string of the molecule is C/C=C1/CCC2C3CCC4CC(C(=O)OCC)C(=O)CCC4(CC)C3CCC12C. The van der Waals surface area contributed by atoms with Crippen LogP contribution in [0.4, 0.5) is 0 Å². The summed E-state index contributed by atoms with van der Waals surface area (Å²) in [7, 11) is 0. The van der Waals surface area contributed by atoms with Gasteiger partial charge in [-0.1, -0.05) is 25.5 Å². The molecule has 0 N–H and O–H groups in total. The van der Waals surface area contributed by atoms with E-state index >= 15 is 0 Å². The fourth-order valence-electron chi connectivity index (χ4n) is 8.60. The minimum atomic E-state index is -0.514. The topological polar surface area (TPSA) is 43.4 Å². The van der Waals surface area contributed by atoms with Gasteiger partial charge in [-0.15, -0.1) is 0 Å². The van der Waals surface area contributed by atoms with E-state index < -0.39 is 5.92 Å². The molecule has 162 valence electrons. The highest BCUT2D eigenvalue weighted by molar-refractivity contribution is 5.99. The van der Waals surface area contributed by atoms with Crippen molar-refractivity contribution in [3.8, 4) is 0 Å². The van der Waals surface area contributed by atoms with Crippen LogP contribution in [0.5, 0.6) is 0 Å². The molecule has 0 aromatic rings. The summed E-state index contributed by atoms with van der Waals surface area (Å²) < 4.78 is 5.29. The lowest BCUT2D eigenvalue weighted by Crippen LogP contribution is -2.52. The van der Waals surface area contributed by atoms with Gasteiger partial charge in [0, 0.05) is 6.42 Å². The second-order valence-corrected chi connectivity index (χ2v) is 10.6. The zero-order valence-corrected chi connectivity index (χ0v) is 19.0. The van der Waals surface area contributed by atoms with E-state index in [-0.39, 0.29) is 17.2 Å². The summed E-state index contributed by atoms with van der Waals surface area (Å²) in [6.45, 7) is 9.31. The summed E-state index contributed by atoms with van der Waals surface area (Å²) in [4.78, 5) is 25.4. The largest absolute Gasteiger partial charge is 0.465 e. The third kappa shape index (κ3) is 3.13. The zero-order chi connectivity index (χ0) is 20.8. The highest BCUT2D eigenvalue weighted by atomic mass is 16.5. The van der Waals surface area contributed by atoms with E-state index in [2.05, 4.69) is 26.8 Å². The minimum Gasteiger partial charge on any atom is -0.465 e. The van der Waals surface area contributed by atoms with Gasteiger partial charge in [0.05, 0.1) is 6.61 Å². The molecule has 0 aromatic heterocycles. The van der Waals surface area contributed by atoms with Crippen molar-refractivity contribution in [3.05, 3.63) is 11.6 Å². The highest BCUT2D eigenvalue weighted by Crippen LogP contribution is 2.67.